The van der Waals surface area contributed by atoms with E-state index < -0.39 is 0 Å². The minimum absolute atomic E-state index is 0.0742. The summed E-state index contributed by atoms with van der Waals surface area (Å²) in [5.74, 6) is 0.188. The molecule has 136 valence electrons. The molecular weight excluding hydrogens is 424 g/mol. The number of halogens is 1. The number of benzene rings is 2. The third-order valence-electron chi connectivity index (χ3n) is 4.35. The highest BCUT2D eigenvalue weighted by Gasteiger charge is 2.13. The summed E-state index contributed by atoms with van der Waals surface area (Å²) in [7, 11) is 0. The van der Waals surface area contributed by atoms with Crippen molar-refractivity contribution in [1.29, 1.82) is 0 Å². The van der Waals surface area contributed by atoms with Crippen LogP contribution in [0, 0.1) is 13.8 Å². The number of aromatic nitrogens is 3. The standard InChI is InChI=1S/C20H17BrN4OS/c1-12-10-18-23-24-20(25(18)17-6-4-3-5-15(12)17)27-11-19(26)22-14-7-8-16(21)13(2)9-14/h3-10H,11H2,1-2H3,(H,22,26). The van der Waals surface area contributed by atoms with E-state index >= 15 is 0 Å². The predicted molar refractivity (Wildman–Crippen MR) is 113 cm³/mol. The van der Waals surface area contributed by atoms with Crippen LogP contribution >= 0.6 is 27.7 Å². The summed E-state index contributed by atoms with van der Waals surface area (Å²) < 4.78 is 3.02. The number of carbonyl (C=O) groups is 1. The number of rotatable bonds is 4. The Balaban J connectivity index is 1.56. The van der Waals surface area contributed by atoms with Crippen molar-refractivity contribution in [2.75, 3.05) is 11.1 Å². The molecule has 1 amide bonds. The third-order valence-corrected chi connectivity index (χ3v) is 6.17. The first-order valence-electron chi connectivity index (χ1n) is 8.45. The maximum absolute atomic E-state index is 12.4. The number of nitrogens with one attached hydrogen (secondary N) is 1. The molecule has 2 aromatic carbocycles. The van der Waals surface area contributed by atoms with Gasteiger partial charge in [-0.05, 0) is 55.3 Å². The summed E-state index contributed by atoms with van der Waals surface area (Å²) in [6.07, 6.45) is 0. The van der Waals surface area contributed by atoms with Crippen LogP contribution in [0.25, 0.3) is 16.6 Å². The number of pyridine rings is 1. The van der Waals surface area contributed by atoms with E-state index in [9.17, 15) is 4.79 Å². The van der Waals surface area contributed by atoms with Crippen molar-refractivity contribution >= 4 is 55.8 Å². The Morgan fingerprint density at radius 1 is 1.11 bits per heavy atom. The molecule has 0 atom stereocenters. The summed E-state index contributed by atoms with van der Waals surface area (Å²) >= 11 is 4.85. The van der Waals surface area contributed by atoms with E-state index in [4.69, 9.17) is 0 Å². The van der Waals surface area contributed by atoms with Gasteiger partial charge in [-0.2, -0.15) is 0 Å². The summed E-state index contributed by atoms with van der Waals surface area (Å²) in [5.41, 5.74) is 4.85. The van der Waals surface area contributed by atoms with Crippen LogP contribution in [0.2, 0.25) is 0 Å². The van der Waals surface area contributed by atoms with Crippen molar-refractivity contribution in [3.05, 3.63) is 64.1 Å². The Hall–Kier alpha value is -2.38. The highest BCUT2D eigenvalue weighted by molar-refractivity contribution is 9.10. The van der Waals surface area contributed by atoms with Gasteiger partial charge in [0.15, 0.2) is 10.8 Å². The van der Waals surface area contributed by atoms with Crippen LogP contribution < -0.4 is 5.32 Å². The molecule has 0 aliphatic rings. The van der Waals surface area contributed by atoms with Gasteiger partial charge in [0.25, 0.3) is 0 Å². The zero-order chi connectivity index (χ0) is 19.0. The van der Waals surface area contributed by atoms with Gasteiger partial charge in [-0.1, -0.05) is 45.9 Å². The van der Waals surface area contributed by atoms with E-state index in [2.05, 4.69) is 44.4 Å². The van der Waals surface area contributed by atoms with E-state index in [-0.39, 0.29) is 11.7 Å². The van der Waals surface area contributed by atoms with Gasteiger partial charge in [0.1, 0.15) is 0 Å². The zero-order valence-electron chi connectivity index (χ0n) is 14.9. The minimum atomic E-state index is -0.0742. The number of nitrogens with zero attached hydrogens (tertiary/aromatic N) is 3. The van der Waals surface area contributed by atoms with E-state index in [0.717, 1.165) is 37.8 Å². The van der Waals surface area contributed by atoms with Crippen LogP contribution in [-0.2, 0) is 4.79 Å². The number of anilines is 1. The quantitative estimate of drug-likeness (QED) is 0.454. The van der Waals surface area contributed by atoms with Gasteiger partial charge < -0.3 is 5.32 Å². The second-order valence-corrected chi connectivity index (χ2v) is 8.12. The molecule has 0 aliphatic carbocycles. The number of aryl methyl sites for hydroxylation is 2. The highest BCUT2D eigenvalue weighted by Crippen LogP contribution is 2.26. The molecule has 0 unspecified atom stereocenters. The second-order valence-electron chi connectivity index (χ2n) is 6.32. The fourth-order valence-corrected chi connectivity index (χ4v) is 4.02. The number of fused-ring (bicyclic) bond motifs is 3. The highest BCUT2D eigenvalue weighted by atomic mass is 79.9. The van der Waals surface area contributed by atoms with Gasteiger partial charge >= 0.3 is 0 Å². The predicted octanol–water partition coefficient (Wildman–Crippen LogP) is 4.99. The lowest BCUT2D eigenvalue weighted by molar-refractivity contribution is -0.113. The molecule has 0 radical (unpaired) electrons. The fourth-order valence-electron chi connectivity index (χ4n) is 3.02. The molecular formula is C20H17BrN4OS. The summed E-state index contributed by atoms with van der Waals surface area (Å²) in [4.78, 5) is 12.4. The van der Waals surface area contributed by atoms with E-state index in [1.165, 1.54) is 11.8 Å². The number of para-hydroxylation sites is 1. The molecule has 2 aromatic heterocycles. The van der Waals surface area contributed by atoms with Gasteiger partial charge in [0.2, 0.25) is 5.91 Å². The van der Waals surface area contributed by atoms with Gasteiger partial charge in [0.05, 0.1) is 11.3 Å². The van der Waals surface area contributed by atoms with Crippen LogP contribution in [0.15, 0.2) is 58.2 Å². The Morgan fingerprint density at radius 2 is 1.93 bits per heavy atom. The van der Waals surface area contributed by atoms with Crippen LogP contribution in [0.5, 0.6) is 0 Å². The number of hydrogen-bond donors (Lipinski definition) is 1. The van der Waals surface area contributed by atoms with Crippen molar-refractivity contribution in [1.82, 2.24) is 14.6 Å². The van der Waals surface area contributed by atoms with Gasteiger partial charge in [-0.25, -0.2) is 0 Å². The lowest BCUT2D eigenvalue weighted by Gasteiger charge is -2.08. The molecule has 5 nitrogen and oxygen atoms in total. The Labute approximate surface area is 169 Å². The van der Waals surface area contributed by atoms with Gasteiger partial charge in [0, 0.05) is 15.5 Å². The molecule has 4 aromatic rings. The normalized spacial score (nSPS) is 11.2. The van der Waals surface area contributed by atoms with Crippen LogP contribution in [0.3, 0.4) is 0 Å². The summed E-state index contributed by atoms with van der Waals surface area (Å²) in [6.45, 7) is 4.06. The Kier molecular flexibility index (Phi) is 4.88. The van der Waals surface area contributed by atoms with E-state index in [1.807, 2.05) is 53.8 Å². The van der Waals surface area contributed by atoms with Gasteiger partial charge in [-0.3, -0.25) is 9.20 Å². The van der Waals surface area contributed by atoms with Crippen molar-refractivity contribution in [2.24, 2.45) is 0 Å². The van der Waals surface area contributed by atoms with Crippen LogP contribution in [0.1, 0.15) is 11.1 Å². The average Bonchev–Trinajstić information content (AvgIpc) is 3.06. The summed E-state index contributed by atoms with van der Waals surface area (Å²) in [5, 5.41) is 13.3. The Morgan fingerprint density at radius 3 is 2.74 bits per heavy atom. The smallest absolute Gasteiger partial charge is 0.234 e. The molecule has 0 aliphatic heterocycles. The molecule has 0 saturated heterocycles. The monoisotopic (exact) mass is 440 g/mol. The molecule has 0 fully saturated rings. The molecule has 2 heterocycles. The first-order valence-corrected chi connectivity index (χ1v) is 10.2. The molecule has 7 heteroatoms. The maximum atomic E-state index is 12.4. The van der Waals surface area contributed by atoms with Gasteiger partial charge in [-0.15, -0.1) is 10.2 Å². The zero-order valence-corrected chi connectivity index (χ0v) is 17.3. The van der Waals surface area contributed by atoms with Crippen molar-refractivity contribution in [3.8, 4) is 0 Å². The Bertz CT molecular complexity index is 1170. The number of thioether (sulfide) groups is 1. The SMILES string of the molecule is Cc1cc(NC(=O)CSc2nnc3cc(C)c4ccccc4n23)ccc1Br. The number of carbonyl (C=O) groups excluding carboxylic acids is 1. The molecule has 1 N–H and O–H groups in total. The molecule has 27 heavy (non-hydrogen) atoms. The molecule has 0 spiro atoms. The molecule has 0 saturated carbocycles. The largest absolute Gasteiger partial charge is 0.325 e. The van der Waals surface area contributed by atoms with E-state index in [1.54, 1.807) is 0 Å². The van der Waals surface area contributed by atoms with Crippen LogP contribution in [0.4, 0.5) is 5.69 Å². The topological polar surface area (TPSA) is 59.3 Å². The second kappa shape index (κ2) is 7.32. The summed E-state index contributed by atoms with van der Waals surface area (Å²) in [6, 6.07) is 15.9. The van der Waals surface area contributed by atoms with Crippen molar-refractivity contribution < 1.29 is 4.79 Å². The minimum Gasteiger partial charge on any atom is -0.325 e. The van der Waals surface area contributed by atoms with Crippen molar-refractivity contribution in [3.63, 3.8) is 0 Å². The molecule has 0 bridgehead atoms. The first-order chi connectivity index (χ1) is 13.0. The fraction of sp³-hybridized carbons (Fsp3) is 0.150. The lowest BCUT2D eigenvalue weighted by Crippen LogP contribution is -2.14. The lowest BCUT2D eigenvalue weighted by atomic mass is 10.1. The van der Waals surface area contributed by atoms with Crippen molar-refractivity contribution in [2.45, 2.75) is 19.0 Å². The maximum Gasteiger partial charge on any atom is 0.234 e. The first kappa shape index (κ1) is 18.0. The van der Waals surface area contributed by atoms with Crippen LogP contribution in [-0.4, -0.2) is 26.3 Å². The number of hydrogen-bond acceptors (Lipinski definition) is 4. The average molecular weight is 441 g/mol. The number of amides is 1. The molecule has 4 rings (SSSR count). The third kappa shape index (κ3) is 3.57. The van der Waals surface area contributed by atoms with E-state index in [0.29, 0.717) is 5.16 Å².